The van der Waals surface area contributed by atoms with Crippen molar-refractivity contribution in [2.24, 2.45) is 0 Å². The quantitative estimate of drug-likeness (QED) is 0.715. The number of hydrogen-bond donors (Lipinski definition) is 1. The Hall–Kier alpha value is -3.28. The van der Waals surface area contributed by atoms with Crippen molar-refractivity contribution in [1.82, 2.24) is 4.98 Å². The van der Waals surface area contributed by atoms with E-state index in [1.54, 1.807) is 12.1 Å². The summed E-state index contributed by atoms with van der Waals surface area (Å²) in [6.45, 7) is 0. The summed E-state index contributed by atoms with van der Waals surface area (Å²) >= 11 is 0. The molecular formula is C21H16F2N2O2. The molecule has 0 aliphatic heterocycles. The number of carbonyl (C=O) groups is 1. The van der Waals surface area contributed by atoms with Crippen molar-refractivity contribution in [3.05, 3.63) is 83.1 Å². The molecule has 0 radical (unpaired) electrons. The molecule has 0 unspecified atom stereocenters. The van der Waals surface area contributed by atoms with Gasteiger partial charge < -0.3 is 10.1 Å². The number of nitrogens with one attached hydrogen (secondary N) is 1. The van der Waals surface area contributed by atoms with Gasteiger partial charge in [-0.05, 0) is 66.8 Å². The number of pyridine rings is 1. The summed E-state index contributed by atoms with van der Waals surface area (Å²) in [5, 5.41) is 2.58. The summed E-state index contributed by atoms with van der Waals surface area (Å²) in [5.41, 5.74) is 3.12. The number of aromatic nitrogens is 1. The van der Waals surface area contributed by atoms with Crippen molar-refractivity contribution < 1.29 is 18.3 Å². The fraction of sp³-hybridized carbons (Fsp3) is 0.143. The fourth-order valence-electron chi connectivity index (χ4n) is 3.09. The van der Waals surface area contributed by atoms with Gasteiger partial charge in [0.2, 0.25) is 5.88 Å². The zero-order valence-corrected chi connectivity index (χ0v) is 14.3. The Morgan fingerprint density at radius 1 is 0.963 bits per heavy atom. The van der Waals surface area contributed by atoms with Gasteiger partial charge in [-0.3, -0.25) is 4.79 Å². The predicted molar refractivity (Wildman–Crippen MR) is 97.1 cm³/mol. The van der Waals surface area contributed by atoms with E-state index in [4.69, 9.17) is 4.74 Å². The lowest BCUT2D eigenvalue weighted by molar-refractivity contribution is 0.102. The summed E-state index contributed by atoms with van der Waals surface area (Å²) in [4.78, 5) is 16.3. The molecule has 136 valence electrons. The number of nitrogens with zero attached hydrogens (tertiary/aromatic N) is 1. The van der Waals surface area contributed by atoms with Crippen LogP contribution in [0.1, 0.15) is 27.9 Å². The second-order valence-corrected chi connectivity index (χ2v) is 6.35. The van der Waals surface area contributed by atoms with Crippen LogP contribution in [0.2, 0.25) is 0 Å². The van der Waals surface area contributed by atoms with Gasteiger partial charge >= 0.3 is 0 Å². The van der Waals surface area contributed by atoms with Crippen LogP contribution in [0.15, 0.2) is 54.7 Å². The number of aryl methyl sites for hydroxylation is 2. The first-order chi connectivity index (χ1) is 13.1. The molecule has 0 fully saturated rings. The molecule has 2 aromatic carbocycles. The van der Waals surface area contributed by atoms with Crippen LogP contribution < -0.4 is 10.1 Å². The van der Waals surface area contributed by atoms with Gasteiger partial charge in [0, 0.05) is 11.6 Å². The molecule has 0 saturated heterocycles. The Morgan fingerprint density at radius 2 is 1.81 bits per heavy atom. The van der Waals surface area contributed by atoms with Crippen LogP contribution in [0.3, 0.4) is 0 Å². The number of fused-ring (bicyclic) bond motifs is 1. The highest BCUT2D eigenvalue weighted by atomic mass is 19.2. The smallest absolute Gasteiger partial charge is 0.255 e. The Kier molecular flexibility index (Phi) is 4.54. The van der Waals surface area contributed by atoms with E-state index in [0.717, 1.165) is 30.7 Å². The molecular weight excluding hydrogens is 350 g/mol. The lowest BCUT2D eigenvalue weighted by Gasteiger charge is -2.09. The molecule has 1 heterocycles. The number of carbonyl (C=O) groups excluding carboxylic acids is 1. The second kappa shape index (κ2) is 7.15. The summed E-state index contributed by atoms with van der Waals surface area (Å²) < 4.78 is 32.0. The maximum absolute atomic E-state index is 13.2. The Bertz CT molecular complexity index is 1000. The summed E-state index contributed by atoms with van der Waals surface area (Å²) in [6.07, 6.45) is 4.79. The highest BCUT2D eigenvalue weighted by Crippen LogP contribution is 2.28. The number of halogens is 2. The van der Waals surface area contributed by atoms with Crippen molar-refractivity contribution >= 4 is 11.6 Å². The highest BCUT2D eigenvalue weighted by molar-refractivity contribution is 6.04. The molecule has 6 heteroatoms. The van der Waals surface area contributed by atoms with Gasteiger partial charge in [-0.15, -0.1) is 0 Å². The van der Waals surface area contributed by atoms with Gasteiger partial charge in [0.1, 0.15) is 5.75 Å². The maximum Gasteiger partial charge on any atom is 0.255 e. The summed E-state index contributed by atoms with van der Waals surface area (Å²) in [7, 11) is 0. The molecule has 1 aliphatic carbocycles. The number of rotatable bonds is 4. The van der Waals surface area contributed by atoms with Crippen LogP contribution in [0.5, 0.6) is 11.6 Å². The van der Waals surface area contributed by atoms with Crippen LogP contribution in [-0.4, -0.2) is 10.9 Å². The SMILES string of the molecule is O=C(Nc1ccc(Oc2ccc3c(c2)CCC3)nc1)c1ccc(F)c(F)c1. The first-order valence-corrected chi connectivity index (χ1v) is 8.60. The van der Waals surface area contributed by atoms with Crippen LogP contribution in [0.4, 0.5) is 14.5 Å². The topological polar surface area (TPSA) is 51.2 Å². The number of hydrogen-bond acceptors (Lipinski definition) is 3. The van der Waals surface area contributed by atoms with Gasteiger partial charge in [0.05, 0.1) is 11.9 Å². The number of amides is 1. The number of anilines is 1. The Labute approximate surface area is 154 Å². The molecule has 1 aromatic heterocycles. The third-order valence-corrected chi connectivity index (χ3v) is 4.47. The average Bonchev–Trinajstić information content (AvgIpc) is 3.13. The molecule has 1 aliphatic rings. The summed E-state index contributed by atoms with van der Waals surface area (Å²) in [6, 6.07) is 12.3. The highest BCUT2D eigenvalue weighted by Gasteiger charge is 2.12. The van der Waals surface area contributed by atoms with E-state index in [9.17, 15) is 13.6 Å². The monoisotopic (exact) mass is 366 g/mol. The van der Waals surface area contributed by atoms with Gasteiger partial charge in [-0.1, -0.05) is 6.07 Å². The Morgan fingerprint density at radius 3 is 2.59 bits per heavy atom. The molecule has 0 spiro atoms. The van der Waals surface area contributed by atoms with Gasteiger partial charge in [-0.25, -0.2) is 13.8 Å². The van der Waals surface area contributed by atoms with Crippen molar-refractivity contribution in [3.63, 3.8) is 0 Å². The van der Waals surface area contributed by atoms with E-state index in [2.05, 4.69) is 16.4 Å². The van der Waals surface area contributed by atoms with Crippen molar-refractivity contribution in [2.45, 2.75) is 19.3 Å². The van der Waals surface area contributed by atoms with E-state index in [-0.39, 0.29) is 5.56 Å². The predicted octanol–water partition coefficient (Wildman–Crippen LogP) is 4.89. The van der Waals surface area contributed by atoms with Gasteiger partial charge in [0.15, 0.2) is 11.6 Å². The first kappa shape index (κ1) is 17.1. The summed E-state index contributed by atoms with van der Waals surface area (Å²) in [5.74, 6) is -1.50. The van der Waals surface area contributed by atoms with Gasteiger partial charge in [0.25, 0.3) is 5.91 Å². The van der Waals surface area contributed by atoms with Crippen LogP contribution in [-0.2, 0) is 12.8 Å². The molecule has 4 nitrogen and oxygen atoms in total. The molecule has 0 atom stereocenters. The third-order valence-electron chi connectivity index (χ3n) is 4.47. The first-order valence-electron chi connectivity index (χ1n) is 8.60. The van der Waals surface area contributed by atoms with E-state index >= 15 is 0 Å². The van der Waals surface area contributed by atoms with E-state index < -0.39 is 17.5 Å². The van der Waals surface area contributed by atoms with Crippen LogP contribution in [0, 0.1) is 11.6 Å². The largest absolute Gasteiger partial charge is 0.439 e. The second-order valence-electron chi connectivity index (χ2n) is 6.35. The van der Waals surface area contributed by atoms with E-state index in [1.807, 2.05) is 12.1 Å². The minimum absolute atomic E-state index is 0.0207. The standard InChI is InChI=1S/C21H16F2N2O2/c22-18-8-5-15(11-19(18)23)21(26)25-16-6-9-20(24-12-16)27-17-7-4-13-2-1-3-14(13)10-17/h4-12H,1-3H2,(H,25,26). The maximum atomic E-state index is 13.2. The molecule has 1 amide bonds. The average molecular weight is 366 g/mol. The minimum atomic E-state index is -1.07. The zero-order chi connectivity index (χ0) is 18.8. The fourth-order valence-corrected chi connectivity index (χ4v) is 3.09. The molecule has 3 aromatic rings. The molecule has 0 bridgehead atoms. The van der Waals surface area contributed by atoms with Gasteiger partial charge in [-0.2, -0.15) is 0 Å². The van der Waals surface area contributed by atoms with Crippen molar-refractivity contribution in [1.29, 1.82) is 0 Å². The number of ether oxygens (including phenoxy) is 1. The lowest BCUT2D eigenvalue weighted by Crippen LogP contribution is -2.12. The van der Waals surface area contributed by atoms with Crippen LogP contribution in [0.25, 0.3) is 0 Å². The van der Waals surface area contributed by atoms with E-state index in [1.165, 1.54) is 29.8 Å². The third kappa shape index (κ3) is 3.79. The van der Waals surface area contributed by atoms with Crippen molar-refractivity contribution in [2.75, 3.05) is 5.32 Å². The van der Waals surface area contributed by atoms with Crippen LogP contribution >= 0.6 is 0 Å². The normalized spacial score (nSPS) is 12.5. The Balaban J connectivity index is 1.42. The number of benzene rings is 2. The lowest BCUT2D eigenvalue weighted by atomic mass is 10.1. The molecule has 27 heavy (non-hydrogen) atoms. The van der Waals surface area contributed by atoms with E-state index in [0.29, 0.717) is 11.6 Å². The molecule has 1 N–H and O–H groups in total. The van der Waals surface area contributed by atoms with Crippen molar-refractivity contribution in [3.8, 4) is 11.6 Å². The molecule has 4 rings (SSSR count). The molecule has 0 saturated carbocycles. The zero-order valence-electron chi connectivity index (χ0n) is 14.3. The minimum Gasteiger partial charge on any atom is -0.439 e.